The maximum atomic E-state index is 13.5. The van der Waals surface area contributed by atoms with Crippen LogP contribution < -0.4 is 10.1 Å². The molecule has 2 rings (SSSR count). The zero-order chi connectivity index (χ0) is 14.8. The number of rotatable bonds is 4. The average molecular weight is 301 g/mol. The molecule has 1 heterocycles. The van der Waals surface area contributed by atoms with E-state index in [1.165, 1.54) is 19.2 Å². The molecule has 1 aromatic carbocycles. The zero-order valence-corrected chi connectivity index (χ0v) is 11.9. The number of hydrogen-bond donors (Lipinski definition) is 1. The summed E-state index contributed by atoms with van der Waals surface area (Å²) in [5.74, 6) is -0.626. The molecule has 1 unspecified atom stereocenters. The van der Waals surface area contributed by atoms with Crippen LogP contribution in [0.3, 0.4) is 0 Å². The van der Waals surface area contributed by atoms with Crippen molar-refractivity contribution in [3.8, 4) is 5.75 Å². The van der Waals surface area contributed by atoms with Gasteiger partial charge in [-0.1, -0.05) is 6.07 Å². The van der Waals surface area contributed by atoms with Crippen LogP contribution in [0.2, 0.25) is 0 Å². The maximum Gasteiger partial charge on any atom is 0.224 e. The van der Waals surface area contributed by atoms with E-state index in [1.807, 2.05) is 0 Å². The quantitative estimate of drug-likeness (QED) is 0.887. The van der Waals surface area contributed by atoms with E-state index in [-0.39, 0.29) is 35.6 Å². The van der Waals surface area contributed by atoms with Gasteiger partial charge >= 0.3 is 0 Å². The second-order valence-corrected chi connectivity index (χ2v) is 7.04. The van der Waals surface area contributed by atoms with Crippen molar-refractivity contribution in [2.24, 2.45) is 0 Å². The molecule has 1 aliphatic rings. The fourth-order valence-corrected chi connectivity index (χ4v) is 3.87. The molecule has 7 heteroatoms. The van der Waals surface area contributed by atoms with Crippen molar-refractivity contribution in [1.29, 1.82) is 0 Å². The molecule has 1 N–H and O–H groups in total. The van der Waals surface area contributed by atoms with Crippen molar-refractivity contribution in [3.05, 3.63) is 29.6 Å². The molecule has 0 bridgehead atoms. The van der Waals surface area contributed by atoms with Crippen LogP contribution in [0, 0.1) is 5.82 Å². The van der Waals surface area contributed by atoms with Gasteiger partial charge < -0.3 is 10.1 Å². The molecule has 0 spiro atoms. The van der Waals surface area contributed by atoms with Gasteiger partial charge in [0.25, 0.3) is 0 Å². The number of sulfone groups is 1. The summed E-state index contributed by atoms with van der Waals surface area (Å²) in [6.45, 7) is 0. The molecule has 20 heavy (non-hydrogen) atoms. The number of amides is 1. The Balaban J connectivity index is 1.93. The Kier molecular flexibility index (Phi) is 4.27. The topological polar surface area (TPSA) is 72.5 Å². The van der Waals surface area contributed by atoms with Crippen molar-refractivity contribution < 1.29 is 22.3 Å². The number of nitrogens with one attached hydrogen (secondary N) is 1. The molecule has 1 saturated heterocycles. The maximum absolute atomic E-state index is 13.5. The summed E-state index contributed by atoms with van der Waals surface area (Å²) < 4.78 is 40.8. The van der Waals surface area contributed by atoms with Crippen LogP contribution in [-0.4, -0.2) is 39.0 Å². The Labute approximate surface area is 117 Å². The largest absolute Gasteiger partial charge is 0.494 e. The number of halogens is 1. The smallest absolute Gasteiger partial charge is 0.224 e. The van der Waals surface area contributed by atoms with Gasteiger partial charge in [0.05, 0.1) is 25.0 Å². The molecule has 5 nitrogen and oxygen atoms in total. The fraction of sp³-hybridized carbons (Fsp3) is 0.462. The van der Waals surface area contributed by atoms with Gasteiger partial charge in [-0.3, -0.25) is 4.79 Å². The van der Waals surface area contributed by atoms with E-state index in [1.54, 1.807) is 6.07 Å². The highest BCUT2D eigenvalue weighted by Gasteiger charge is 2.28. The van der Waals surface area contributed by atoms with E-state index in [0.717, 1.165) is 0 Å². The lowest BCUT2D eigenvalue weighted by atomic mass is 10.1. The van der Waals surface area contributed by atoms with Crippen LogP contribution in [0.5, 0.6) is 5.75 Å². The first-order valence-corrected chi connectivity index (χ1v) is 8.04. The van der Waals surface area contributed by atoms with E-state index in [4.69, 9.17) is 4.74 Å². The Bertz CT molecular complexity index is 615. The monoisotopic (exact) mass is 301 g/mol. The summed E-state index contributed by atoms with van der Waals surface area (Å²) in [5.41, 5.74) is 0.515. The Morgan fingerprint density at radius 2 is 2.25 bits per heavy atom. The number of hydrogen-bond acceptors (Lipinski definition) is 4. The van der Waals surface area contributed by atoms with Crippen LogP contribution in [-0.2, 0) is 21.1 Å². The van der Waals surface area contributed by atoms with Gasteiger partial charge in [0, 0.05) is 6.04 Å². The molecule has 1 fully saturated rings. The third-order valence-corrected chi connectivity index (χ3v) is 4.95. The van der Waals surface area contributed by atoms with Crippen molar-refractivity contribution in [2.75, 3.05) is 18.6 Å². The summed E-state index contributed by atoms with van der Waals surface area (Å²) in [6, 6.07) is 3.96. The van der Waals surface area contributed by atoms with Crippen molar-refractivity contribution in [2.45, 2.75) is 18.9 Å². The highest BCUT2D eigenvalue weighted by atomic mass is 32.2. The highest BCUT2D eigenvalue weighted by molar-refractivity contribution is 7.91. The number of carbonyl (C=O) groups is 1. The predicted octanol–water partition coefficient (Wildman–Crippen LogP) is 0.680. The minimum absolute atomic E-state index is 0.0114. The first kappa shape index (κ1) is 14.8. The van der Waals surface area contributed by atoms with Gasteiger partial charge in [0.15, 0.2) is 21.4 Å². The molecule has 0 aliphatic carbocycles. The van der Waals surface area contributed by atoms with E-state index in [9.17, 15) is 17.6 Å². The Morgan fingerprint density at radius 1 is 1.50 bits per heavy atom. The fourth-order valence-electron chi connectivity index (χ4n) is 2.19. The second kappa shape index (κ2) is 5.78. The number of carbonyl (C=O) groups excluding carboxylic acids is 1. The molecule has 1 atom stereocenters. The summed E-state index contributed by atoms with van der Waals surface area (Å²) >= 11 is 0. The van der Waals surface area contributed by atoms with Gasteiger partial charge in [-0.15, -0.1) is 0 Å². The van der Waals surface area contributed by atoms with Crippen LogP contribution in [0.25, 0.3) is 0 Å². The third-order valence-electron chi connectivity index (χ3n) is 3.18. The number of benzene rings is 1. The lowest BCUT2D eigenvalue weighted by Crippen LogP contribution is -2.36. The molecule has 110 valence electrons. The Hall–Kier alpha value is -1.63. The van der Waals surface area contributed by atoms with Crippen LogP contribution in [0.15, 0.2) is 18.2 Å². The summed E-state index contributed by atoms with van der Waals surface area (Å²) in [4.78, 5) is 11.8. The van der Waals surface area contributed by atoms with Crippen molar-refractivity contribution >= 4 is 15.7 Å². The normalized spacial score (nSPS) is 20.6. The highest BCUT2D eigenvalue weighted by Crippen LogP contribution is 2.18. The predicted molar refractivity (Wildman–Crippen MR) is 71.9 cm³/mol. The molecular weight excluding hydrogens is 285 g/mol. The first-order chi connectivity index (χ1) is 9.39. The molecule has 1 aliphatic heterocycles. The minimum Gasteiger partial charge on any atom is -0.494 e. The van der Waals surface area contributed by atoms with Crippen molar-refractivity contribution in [1.82, 2.24) is 5.32 Å². The van der Waals surface area contributed by atoms with E-state index in [0.29, 0.717) is 12.0 Å². The summed E-state index contributed by atoms with van der Waals surface area (Å²) in [5, 5.41) is 2.66. The van der Waals surface area contributed by atoms with Gasteiger partial charge in [0.2, 0.25) is 5.91 Å². The van der Waals surface area contributed by atoms with Gasteiger partial charge in [0.1, 0.15) is 0 Å². The lowest BCUT2D eigenvalue weighted by molar-refractivity contribution is -0.121. The number of ether oxygens (including phenoxy) is 1. The molecule has 0 radical (unpaired) electrons. The molecule has 1 aromatic rings. The second-order valence-electron chi connectivity index (χ2n) is 4.81. The van der Waals surface area contributed by atoms with E-state index < -0.39 is 15.7 Å². The van der Waals surface area contributed by atoms with Gasteiger partial charge in [-0.05, 0) is 24.1 Å². The molecule has 0 aromatic heterocycles. The SMILES string of the molecule is COc1ccc(CC(=O)NC2CCS(=O)(=O)C2)cc1F. The number of methoxy groups -OCH3 is 1. The van der Waals surface area contributed by atoms with E-state index in [2.05, 4.69) is 5.32 Å². The lowest BCUT2D eigenvalue weighted by Gasteiger charge is -2.11. The van der Waals surface area contributed by atoms with Gasteiger partial charge in [-0.2, -0.15) is 0 Å². The third kappa shape index (κ3) is 3.69. The minimum atomic E-state index is -3.02. The van der Waals surface area contributed by atoms with Crippen LogP contribution in [0.4, 0.5) is 4.39 Å². The zero-order valence-electron chi connectivity index (χ0n) is 11.1. The molecule has 0 saturated carbocycles. The van der Waals surface area contributed by atoms with Gasteiger partial charge in [-0.25, -0.2) is 12.8 Å². The standard InChI is InChI=1S/C13H16FNO4S/c1-19-12-3-2-9(6-11(12)14)7-13(16)15-10-4-5-20(17,18)8-10/h2-3,6,10H,4-5,7-8H2,1H3,(H,15,16). The first-order valence-electron chi connectivity index (χ1n) is 6.22. The van der Waals surface area contributed by atoms with E-state index >= 15 is 0 Å². The Morgan fingerprint density at radius 3 is 2.80 bits per heavy atom. The summed E-state index contributed by atoms with van der Waals surface area (Å²) in [6.07, 6.45) is 0.447. The average Bonchev–Trinajstić information content (AvgIpc) is 2.68. The van der Waals surface area contributed by atoms with Crippen LogP contribution >= 0.6 is 0 Å². The molecular formula is C13H16FNO4S. The summed E-state index contributed by atoms with van der Waals surface area (Å²) in [7, 11) is -1.65. The molecule has 1 amide bonds. The van der Waals surface area contributed by atoms with Crippen molar-refractivity contribution in [3.63, 3.8) is 0 Å². The van der Waals surface area contributed by atoms with Crippen LogP contribution in [0.1, 0.15) is 12.0 Å².